The highest BCUT2D eigenvalue weighted by Gasteiger charge is 2.51. The third-order valence-corrected chi connectivity index (χ3v) is 8.44. The second kappa shape index (κ2) is 5.95. The molecule has 0 saturated carbocycles. The Bertz CT molecular complexity index is 1680. The molecule has 0 radical (unpaired) electrons. The Balaban J connectivity index is 1.90. The molecule has 2 aromatic heterocycles. The summed E-state index contributed by atoms with van der Waals surface area (Å²) in [4.78, 5) is 13.2. The van der Waals surface area contributed by atoms with Gasteiger partial charge in [0.05, 0.1) is 35.3 Å². The molecule has 0 unspecified atom stereocenters. The van der Waals surface area contributed by atoms with Gasteiger partial charge in [-0.25, -0.2) is 0 Å². The van der Waals surface area contributed by atoms with E-state index in [1.165, 1.54) is 0 Å². The predicted octanol–water partition coefficient (Wildman–Crippen LogP) is 4.01. The van der Waals surface area contributed by atoms with Gasteiger partial charge in [0, 0.05) is 39.1 Å². The van der Waals surface area contributed by atoms with Gasteiger partial charge in [-0.15, -0.1) is 0 Å². The minimum Gasteiger partial charge on any atom is -0.393 e. The van der Waals surface area contributed by atoms with Crippen molar-refractivity contribution in [3.63, 3.8) is 0 Å². The quantitative estimate of drug-likeness (QED) is 0.389. The Labute approximate surface area is 190 Å². The molecule has 166 valence electrons. The summed E-state index contributed by atoms with van der Waals surface area (Å²) >= 11 is 0. The van der Waals surface area contributed by atoms with Gasteiger partial charge >= 0.3 is 0 Å². The lowest BCUT2D eigenvalue weighted by atomic mass is 9.78. The number of benzene rings is 3. The van der Waals surface area contributed by atoms with E-state index in [9.17, 15) is 15.0 Å². The third kappa shape index (κ3) is 1.97. The van der Waals surface area contributed by atoms with E-state index >= 15 is 0 Å². The van der Waals surface area contributed by atoms with Gasteiger partial charge in [-0.2, -0.15) is 0 Å². The van der Waals surface area contributed by atoms with Crippen molar-refractivity contribution in [1.29, 1.82) is 0 Å². The molecule has 0 aliphatic carbocycles. The second-order valence-corrected chi connectivity index (χ2v) is 9.76. The van der Waals surface area contributed by atoms with Gasteiger partial charge < -0.3 is 24.7 Å². The zero-order chi connectivity index (χ0) is 22.7. The Morgan fingerprint density at radius 3 is 2.36 bits per heavy atom. The normalized spacial score (nSPS) is 24.3. The molecular formula is C27H25N3O3. The fourth-order valence-electron chi connectivity index (χ4n) is 6.56. The number of aliphatic hydroxyl groups excluding tert-OH is 1. The maximum absolute atomic E-state index is 13.2. The number of carbonyl (C=O) groups excluding carboxylic acids is 1. The fraction of sp³-hybridized carbons (Fsp3) is 0.296. The zero-order valence-corrected chi connectivity index (χ0v) is 18.6. The molecule has 0 saturated heterocycles. The fourth-order valence-corrected chi connectivity index (χ4v) is 6.56. The van der Waals surface area contributed by atoms with E-state index in [2.05, 4.69) is 39.6 Å². The van der Waals surface area contributed by atoms with E-state index in [1.54, 1.807) is 0 Å². The summed E-state index contributed by atoms with van der Waals surface area (Å²) in [7, 11) is 0. The lowest BCUT2D eigenvalue weighted by Gasteiger charge is -2.44. The van der Waals surface area contributed by atoms with Crippen LogP contribution in [0.2, 0.25) is 0 Å². The Morgan fingerprint density at radius 1 is 1.00 bits per heavy atom. The van der Waals surface area contributed by atoms with Gasteiger partial charge in [0.15, 0.2) is 0 Å². The number of nitrogens with zero attached hydrogens (tertiary/aromatic N) is 2. The summed E-state index contributed by atoms with van der Waals surface area (Å²) in [6.45, 7) is 4.47. The highest BCUT2D eigenvalue weighted by Crippen LogP contribution is 2.51. The van der Waals surface area contributed by atoms with Crippen molar-refractivity contribution < 1.29 is 15.0 Å². The standard InChI is InChI=1S/C27H25N3O3/c1-3-26(2)27(33,14-31)13-29-18-10-6-4-8-15(18)21-22-17(12-28-25(22)32)20-16-9-5-7-11-19(16)30(26)24(20)23(21)29/h4-11,31,33H,3,12-14H2,1-2H3,(H,28,32)/t26-,27-/m0/s1. The van der Waals surface area contributed by atoms with Gasteiger partial charge in [0.25, 0.3) is 5.91 Å². The van der Waals surface area contributed by atoms with E-state index in [1.807, 2.05) is 37.3 Å². The van der Waals surface area contributed by atoms with Crippen molar-refractivity contribution in [3.05, 3.63) is 59.7 Å². The molecule has 6 nitrogen and oxygen atoms in total. The number of hydrogen-bond acceptors (Lipinski definition) is 3. The van der Waals surface area contributed by atoms with Crippen LogP contribution in [-0.4, -0.2) is 37.5 Å². The number of carbonyl (C=O) groups is 1. The van der Waals surface area contributed by atoms with Crippen LogP contribution in [0.5, 0.6) is 0 Å². The molecule has 2 aliphatic heterocycles. The molecular weight excluding hydrogens is 414 g/mol. The summed E-state index contributed by atoms with van der Waals surface area (Å²) in [6.07, 6.45) is 0.635. The number of aromatic nitrogens is 2. The first kappa shape index (κ1) is 19.1. The summed E-state index contributed by atoms with van der Waals surface area (Å²) in [5.74, 6) is -0.0495. The Kier molecular flexibility index (Phi) is 3.46. The minimum absolute atomic E-state index is 0.0495. The van der Waals surface area contributed by atoms with E-state index in [-0.39, 0.29) is 19.1 Å². The number of para-hydroxylation sites is 2. The van der Waals surface area contributed by atoms with E-state index in [0.29, 0.717) is 13.0 Å². The van der Waals surface area contributed by atoms with Crippen LogP contribution < -0.4 is 5.32 Å². The summed E-state index contributed by atoms with van der Waals surface area (Å²) in [5.41, 5.74) is 3.56. The largest absolute Gasteiger partial charge is 0.393 e. The van der Waals surface area contributed by atoms with Crippen LogP contribution in [0.4, 0.5) is 0 Å². The molecule has 6 heteroatoms. The van der Waals surface area contributed by atoms with Crippen LogP contribution in [-0.2, 0) is 18.6 Å². The zero-order valence-electron chi connectivity index (χ0n) is 18.6. The predicted molar refractivity (Wildman–Crippen MR) is 130 cm³/mol. The van der Waals surface area contributed by atoms with Gasteiger partial charge in [-0.3, -0.25) is 4.79 Å². The van der Waals surface area contributed by atoms with Gasteiger partial charge in [-0.1, -0.05) is 43.3 Å². The molecule has 0 bridgehead atoms. The van der Waals surface area contributed by atoms with E-state index < -0.39 is 11.1 Å². The molecule has 2 atom stereocenters. The monoisotopic (exact) mass is 439 g/mol. The molecule has 33 heavy (non-hydrogen) atoms. The molecule has 2 aliphatic rings. The van der Waals surface area contributed by atoms with Crippen molar-refractivity contribution in [2.45, 2.75) is 44.5 Å². The summed E-state index contributed by atoms with van der Waals surface area (Å²) in [6, 6.07) is 16.3. The first-order chi connectivity index (χ1) is 15.9. The first-order valence-electron chi connectivity index (χ1n) is 11.6. The highest BCUT2D eigenvalue weighted by molar-refractivity contribution is 6.31. The van der Waals surface area contributed by atoms with Gasteiger partial charge in [-0.05, 0) is 31.0 Å². The molecule has 0 spiro atoms. The molecule has 7 rings (SSSR count). The van der Waals surface area contributed by atoms with Crippen LogP contribution in [0.3, 0.4) is 0 Å². The summed E-state index contributed by atoms with van der Waals surface area (Å²) in [5, 5.41) is 29.9. The van der Waals surface area contributed by atoms with Gasteiger partial charge in [0.1, 0.15) is 5.60 Å². The molecule has 0 fully saturated rings. The Hall–Kier alpha value is -3.35. The van der Waals surface area contributed by atoms with Crippen LogP contribution in [0.25, 0.3) is 43.6 Å². The average molecular weight is 440 g/mol. The SMILES string of the molecule is CC[C@]1(C)n2c3ccccc3c3c4c(c5c6ccccc6n(c5c32)C[C@]1(O)CO)C(=O)NC4. The van der Waals surface area contributed by atoms with Crippen molar-refractivity contribution in [2.24, 2.45) is 0 Å². The number of fused-ring (bicyclic) bond motifs is 9. The number of nitrogens with one attached hydrogen (secondary N) is 1. The number of amides is 1. The molecule has 3 N–H and O–H groups in total. The number of rotatable bonds is 2. The van der Waals surface area contributed by atoms with Crippen LogP contribution >= 0.6 is 0 Å². The molecule has 1 amide bonds. The molecule has 5 aromatic rings. The van der Waals surface area contributed by atoms with Gasteiger partial charge in [0.2, 0.25) is 0 Å². The van der Waals surface area contributed by atoms with Crippen molar-refractivity contribution in [3.8, 4) is 0 Å². The van der Waals surface area contributed by atoms with Crippen LogP contribution in [0.1, 0.15) is 36.2 Å². The van der Waals surface area contributed by atoms with Crippen LogP contribution in [0.15, 0.2) is 48.5 Å². The maximum Gasteiger partial charge on any atom is 0.252 e. The molecule has 3 aromatic carbocycles. The van der Waals surface area contributed by atoms with E-state index in [4.69, 9.17) is 0 Å². The topological polar surface area (TPSA) is 79.4 Å². The van der Waals surface area contributed by atoms with Crippen LogP contribution in [0, 0.1) is 0 Å². The van der Waals surface area contributed by atoms with Crippen molar-refractivity contribution in [1.82, 2.24) is 14.5 Å². The smallest absolute Gasteiger partial charge is 0.252 e. The third-order valence-electron chi connectivity index (χ3n) is 8.44. The van der Waals surface area contributed by atoms with Crippen molar-refractivity contribution in [2.75, 3.05) is 6.61 Å². The minimum atomic E-state index is -1.41. The van der Waals surface area contributed by atoms with Crippen molar-refractivity contribution >= 4 is 49.5 Å². The molecule has 4 heterocycles. The second-order valence-electron chi connectivity index (χ2n) is 9.76. The highest BCUT2D eigenvalue weighted by atomic mass is 16.3. The Morgan fingerprint density at radius 2 is 1.67 bits per heavy atom. The lowest BCUT2D eigenvalue weighted by Crippen LogP contribution is -2.57. The first-order valence-corrected chi connectivity index (χ1v) is 11.6. The lowest BCUT2D eigenvalue weighted by molar-refractivity contribution is -0.109. The number of hydrogen-bond donors (Lipinski definition) is 3. The number of aliphatic hydroxyl groups is 2. The van der Waals surface area contributed by atoms with E-state index in [0.717, 1.165) is 54.7 Å². The maximum atomic E-state index is 13.2. The summed E-state index contributed by atoms with van der Waals surface area (Å²) < 4.78 is 4.38. The average Bonchev–Trinajstić information content (AvgIpc) is 3.47.